The minimum Gasteiger partial charge on any atom is -0.494 e. The lowest BCUT2D eigenvalue weighted by atomic mass is 10.2. The third kappa shape index (κ3) is 6.03. The Hall–Kier alpha value is -2.68. The van der Waals surface area contributed by atoms with Crippen molar-refractivity contribution in [3.63, 3.8) is 0 Å². The van der Waals surface area contributed by atoms with E-state index in [1.54, 1.807) is 18.9 Å². The third-order valence-corrected chi connectivity index (χ3v) is 3.54. The SMILES string of the molecule is COc1cc([N+](=O)[O-])ccc1NC(=O)[C@H](C)N(C)CC(=O)NC(C)C. The first-order valence-electron chi connectivity index (χ1n) is 7.78. The molecule has 0 spiro atoms. The van der Waals surface area contributed by atoms with Crippen LogP contribution in [0.1, 0.15) is 20.8 Å². The molecule has 0 aliphatic heterocycles. The molecule has 0 bridgehead atoms. The molecule has 0 heterocycles. The highest BCUT2D eigenvalue weighted by molar-refractivity contribution is 5.96. The Labute approximate surface area is 146 Å². The van der Waals surface area contributed by atoms with Crippen molar-refractivity contribution < 1.29 is 19.2 Å². The van der Waals surface area contributed by atoms with Gasteiger partial charge in [-0.3, -0.25) is 24.6 Å². The minimum absolute atomic E-state index is 0.0226. The predicted octanol–water partition coefficient (Wildman–Crippen LogP) is 1.39. The summed E-state index contributed by atoms with van der Waals surface area (Å²) >= 11 is 0. The van der Waals surface area contributed by atoms with Crippen LogP contribution in [0.4, 0.5) is 11.4 Å². The number of nitro benzene ring substituents is 1. The number of hydrogen-bond donors (Lipinski definition) is 2. The summed E-state index contributed by atoms with van der Waals surface area (Å²) in [5.41, 5.74) is 0.190. The van der Waals surface area contributed by atoms with E-state index < -0.39 is 11.0 Å². The molecular formula is C16H24N4O5. The zero-order chi connectivity index (χ0) is 19.1. The molecule has 0 saturated heterocycles. The van der Waals surface area contributed by atoms with Crippen LogP contribution >= 0.6 is 0 Å². The molecule has 1 aromatic carbocycles. The van der Waals surface area contributed by atoms with Gasteiger partial charge in [-0.2, -0.15) is 0 Å². The van der Waals surface area contributed by atoms with Crippen molar-refractivity contribution in [2.24, 2.45) is 0 Å². The zero-order valence-electron chi connectivity index (χ0n) is 15.0. The lowest BCUT2D eigenvalue weighted by Crippen LogP contribution is -2.46. The number of methoxy groups -OCH3 is 1. The Kier molecular flexibility index (Phi) is 7.31. The van der Waals surface area contributed by atoms with Crippen LogP contribution in [-0.2, 0) is 9.59 Å². The molecule has 0 fully saturated rings. The third-order valence-electron chi connectivity index (χ3n) is 3.54. The first-order chi connectivity index (χ1) is 11.6. The molecule has 0 saturated carbocycles. The van der Waals surface area contributed by atoms with E-state index in [-0.39, 0.29) is 35.8 Å². The fourth-order valence-electron chi connectivity index (χ4n) is 2.07. The Bertz CT molecular complexity index is 647. The van der Waals surface area contributed by atoms with E-state index >= 15 is 0 Å². The van der Waals surface area contributed by atoms with Gasteiger partial charge in [-0.25, -0.2) is 0 Å². The van der Waals surface area contributed by atoms with Gasteiger partial charge in [0.2, 0.25) is 11.8 Å². The summed E-state index contributed by atoms with van der Waals surface area (Å²) in [6.07, 6.45) is 0. The maximum Gasteiger partial charge on any atom is 0.273 e. The number of carbonyl (C=O) groups is 2. The largest absolute Gasteiger partial charge is 0.494 e. The van der Waals surface area contributed by atoms with Crippen LogP contribution in [-0.4, -0.2) is 54.4 Å². The summed E-state index contributed by atoms with van der Waals surface area (Å²) in [6, 6.07) is 3.36. The Morgan fingerprint density at radius 3 is 2.48 bits per heavy atom. The van der Waals surface area contributed by atoms with E-state index in [4.69, 9.17) is 4.74 Å². The van der Waals surface area contributed by atoms with E-state index in [0.717, 1.165) is 0 Å². The number of carbonyl (C=O) groups excluding carboxylic acids is 2. The second-order valence-electron chi connectivity index (χ2n) is 5.94. The predicted molar refractivity (Wildman–Crippen MR) is 93.6 cm³/mol. The lowest BCUT2D eigenvalue weighted by molar-refractivity contribution is -0.384. The number of anilines is 1. The molecule has 1 aromatic rings. The molecule has 138 valence electrons. The van der Waals surface area contributed by atoms with Crippen molar-refractivity contribution in [2.45, 2.75) is 32.9 Å². The highest BCUT2D eigenvalue weighted by Crippen LogP contribution is 2.29. The van der Waals surface area contributed by atoms with Gasteiger partial charge in [-0.05, 0) is 33.9 Å². The van der Waals surface area contributed by atoms with Crippen molar-refractivity contribution in [1.29, 1.82) is 0 Å². The van der Waals surface area contributed by atoms with Crippen LogP contribution in [0.25, 0.3) is 0 Å². The van der Waals surface area contributed by atoms with Crippen LogP contribution in [0.3, 0.4) is 0 Å². The molecule has 2 amide bonds. The number of rotatable bonds is 8. The number of amides is 2. The summed E-state index contributed by atoms with van der Waals surface area (Å²) in [4.78, 5) is 36.0. The monoisotopic (exact) mass is 352 g/mol. The van der Waals surface area contributed by atoms with Crippen LogP contribution in [0.2, 0.25) is 0 Å². The number of non-ortho nitro benzene ring substituents is 1. The van der Waals surface area contributed by atoms with Crippen LogP contribution in [0.5, 0.6) is 5.75 Å². The van der Waals surface area contributed by atoms with Gasteiger partial charge in [0.1, 0.15) is 5.75 Å². The lowest BCUT2D eigenvalue weighted by Gasteiger charge is -2.24. The number of benzene rings is 1. The quantitative estimate of drug-likeness (QED) is 0.540. The Morgan fingerprint density at radius 2 is 1.96 bits per heavy atom. The second kappa shape index (κ2) is 8.97. The van der Waals surface area contributed by atoms with Crippen LogP contribution in [0, 0.1) is 10.1 Å². The van der Waals surface area contributed by atoms with E-state index in [0.29, 0.717) is 5.69 Å². The van der Waals surface area contributed by atoms with Gasteiger partial charge >= 0.3 is 0 Å². The van der Waals surface area contributed by atoms with Crippen molar-refractivity contribution in [1.82, 2.24) is 10.2 Å². The van der Waals surface area contributed by atoms with E-state index in [1.807, 2.05) is 13.8 Å². The van der Waals surface area contributed by atoms with Gasteiger partial charge in [0, 0.05) is 12.1 Å². The number of likely N-dealkylation sites (N-methyl/N-ethyl adjacent to an activating group) is 1. The molecule has 9 heteroatoms. The number of ether oxygens (including phenoxy) is 1. The molecule has 0 aliphatic carbocycles. The first kappa shape index (κ1) is 20.4. The van der Waals surface area contributed by atoms with Crippen LogP contribution < -0.4 is 15.4 Å². The molecular weight excluding hydrogens is 328 g/mol. The van der Waals surface area contributed by atoms with E-state index in [2.05, 4.69) is 10.6 Å². The molecule has 1 rings (SSSR count). The van der Waals surface area contributed by atoms with Gasteiger partial charge in [0.15, 0.2) is 0 Å². The minimum atomic E-state index is -0.585. The molecule has 9 nitrogen and oxygen atoms in total. The smallest absolute Gasteiger partial charge is 0.273 e. The van der Waals surface area contributed by atoms with E-state index in [1.165, 1.54) is 25.3 Å². The number of hydrogen-bond acceptors (Lipinski definition) is 6. The van der Waals surface area contributed by atoms with Crippen molar-refractivity contribution in [2.75, 3.05) is 26.0 Å². The average molecular weight is 352 g/mol. The maximum atomic E-state index is 12.4. The van der Waals surface area contributed by atoms with Crippen molar-refractivity contribution >= 4 is 23.2 Å². The summed E-state index contributed by atoms with van der Waals surface area (Å²) in [5.74, 6) is -0.341. The Morgan fingerprint density at radius 1 is 1.32 bits per heavy atom. The van der Waals surface area contributed by atoms with Gasteiger partial charge in [-0.1, -0.05) is 0 Å². The van der Waals surface area contributed by atoms with Gasteiger partial charge in [-0.15, -0.1) is 0 Å². The normalized spacial score (nSPS) is 12.0. The fourth-order valence-corrected chi connectivity index (χ4v) is 2.07. The molecule has 0 aliphatic rings. The molecule has 0 radical (unpaired) electrons. The standard InChI is InChI=1S/C16H24N4O5/c1-10(2)17-15(21)9-19(4)11(3)16(22)18-13-7-6-12(20(23)24)8-14(13)25-5/h6-8,10-11H,9H2,1-5H3,(H,17,21)(H,18,22)/t11-/m0/s1. The zero-order valence-corrected chi connectivity index (χ0v) is 15.0. The van der Waals surface area contributed by atoms with Gasteiger partial charge in [0.25, 0.3) is 5.69 Å². The molecule has 0 aromatic heterocycles. The summed E-state index contributed by atoms with van der Waals surface area (Å²) in [7, 11) is 3.03. The first-order valence-corrected chi connectivity index (χ1v) is 7.78. The Balaban J connectivity index is 2.77. The summed E-state index contributed by atoms with van der Waals surface area (Å²) in [6.45, 7) is 5.45. The average Bonchev–Trinajstić information content (AvgIpc) is 2.53. The number of nitro groups is 1. The topological polar surface area (TPSA) is 114 Å². The molecule has 25 heavy (non-hydrogen) atoms. The van der Waals surface area contributed by atoms with Crippen molar-refractivity contribution in [3.05, 3.63) is 28.3 Å². The highest BCUT2D eigenvalue weighted by atomic mass is 16.6. The van der Waals surface area contributed by atoms with E-state index in [9.17, 15) is 19.7 Å². The van der Waals surface area contributed by atoms with Crippen molar-refractivity contribution in [3.8, 4) is 5.75 Å². The van der Waals surface area contributed by atoms with Crippen LogP contribution in [0.15, 0.2) is 18.2 Å². The van der Waals surface area contributed by atoms with Gasteiger partial charge in [0.05, 0.1) is 36.4 Å². The molecule has 2 N–H and O–H groups in total. The molecule has 0 unspecified atom stereocenters. The number of nitrogens with zero attached hydrogens (tertiary/aromatic N) is 2. The fraction of sp³-hybridized carbons (Fsp3) is 0.500. The highest BCUT2D eigenvalue weighted by Gasteiger charge is 2.22. The molecule has 1 atom stereocenters. The maximum absolute atomic E-state index is 12.4. The summed E-state index contributed by atoms with van der Waals surface area (Å²) < 4.78 is 5.09. The summed E-state index contributed by atoms with van der Waals surface area (Å²) in [5, 5.41) is 16.2. The second-order valence-corrected chi connectivity index (χ2v) is 5.94. The van der Waals surface area contributed by atoms with Gasteiger partial charge < -0.3 is 15.4 Å². The number of nitrogens with one attached hydrogen (secondary N) is 2.